The number of fused-ring (bicyclic) bond motifs is 2. The number of hydrogen-bond donors (Lipinski definition) is 0. The van der Waals surface area contributed by atoms with E-state index in [0.29, 0.717) is 6.61 Å². The van der Waals surface area contributed by atoms with Crippen molar-refractivity contribution in [1.82, 2.24) is 9.55 Å². The van der Waals surface area contributed by atoms with E-state index >= 15 is 0 Å². The van der Waals surface area contributed by atoms with Crippen molar-refractivity contribution in [1.29, 1.82) is 0 Å². The molecule has 0 aliphatic rings. The van der Waals surface area contributed by atoms with Crippen LogP contribution in [-0.4, -0.2) is 23.3 Å². The van der Waals surface area contributed by atoms with E-state index < -0.39 is 0 Å². The first-order valence-corrected chi connectivity index (χ1v) is 11.8. The van der Waals surface area contributed by atoms with E-state index in [4.69, 9.17) is 14.5 Å². The molecule has 0 saturated heterocycles. The second-order valence-electron chi connectivity index (χ2n) is 8.82. The van der Waals surface area contributed by atoms with Crippen molar-refractivity contribution in [3.8, 4) is 11.5 Å². The molecule has 4 aromatic carbocycles. The molecule has 0 N–H and O–H groups in total. The molecule has 0 amide bonds. The van der Waals surface area contributed by atoms with Crippen LogP contribution < -0.4 is 9.47 Å². The van der Waals surface area contributed by atoms with Crippen molar-refractivity contribution in [2.45, 2.75) is 32.7 Å². The zero-order valence-corrected chi connectivity index (χ0v) is 20.0. The maximum Gasteiger partial charge on any atom is 0.119 e. The van der Waals surface area contributed by atoms with Gasteiger partial charge in [-0.25, -0.2) is 4.98 Å². The number of imidazole rings is 1. The van der Waals surface area contributed by atoms with Crippen molar-refractivity contribution < 1.29 is 9.47 Å². The Labute approximate surface area is 200 Å². The highest BCUT2D eigenvalue weighted by molar-refractivity contribution is 5.85. The van der Waals surface area contributed by atoms with Gasteiger partial charge in [0.25, 0.3) is 0 Å². The predicted octanol–water partition coefficient (Wildman–Crippen LogP) is 7.13. The Hall–Kier alpha value is -3.79. The smallest absolute Gasteiger partial charge is 0.119 e. The number of aromatic nitrogens is 2. The van der Waals surface area contributed by atoms with E-state index in [9.17, 15) is 0 Å². The monoisotopic (exact) mass is 450 g/mol. The van der Waals surface area contributed by atoms with Crippen LogP contribution in [0.4, 0.5) is 0 Å². The third-order valence-corrected chi connectivity index (χ3v) is 6.46. The van der Waals surface area contributed by atoms with Gasteiger partial charge in [-0.05, 0) is 66.1 Å². The molecule has 172 valence electrons. The Kier molecular flexibility index (Phi) is 6.22. The zero-order valence-electron chi connectivity index (χ0n) is 20.0. The predicted molar refractivity (Wildman–Crippen MR) is 139 cm³/mol. The molecule has 34 heavy (non-hydrogen) atoms. The van der Waals surface area contributed by atoms with Crippen molar-refractivity contribution >= 4 is 21.8 Å². The lowest BCUT2D eigenvalue weighted by molar-refractivity contribution is 0.301. The third-order valence-electron chi connectivity index (χ3n) is 6.46. The number of ether oxygens (including phenoxy) is 2. The molecule has 5 rings (SSSR count). The fourth-order valence-corrected chi connectivity index (χ4v) is 4.49. The Balaban J connectivity index is 1.39. The summed E-state index contributed by atoms with van der Waals surface area (Å²) in [5, 5.41) is 2.39. The minimum Gasteiger partial charge on any atom is -0.497 e. The quantitative estimate of drug-likeness (QED) is 0.236. The van der Waals surface area contributed by atoms with Gasteiger partial charge in [-0.3, -0.25) is 0 Å². The van der Waals surface area contributed by atoms with Gasteiger partial charge in [0.1, 0.15) is 17.3 Å². The summed E-state index contributed by atoms with van der Waals surface area (Å²) < 4.78 is 13.7. The van der Waals surface area contributed by atoms with Crippen LogP contribution in [0.3, 0.4) is 0 Å². The van der Waals surface area contributed by atoms with Crippen molar-refractivity contribution in [2.24, 2.45) is 0 Å². The first-order chi connectivity index (χ1) is 16.6. The summed E-state index contributed by atoms with van der Waals surface area (Å²) >= 11 is 0. The first-order valence-electron chi connectivity index (χ1n) is 11.8. The fraction of sp³-hybridized carbons (Fsp3) is 0.233. The number of hydrogen-bond acceptors (Lipinski definition) is 3. The van der Waals surface area contributed by atoms with E-state index in [-0.39, 0.29) is 5.92 Å². The first kappa shape index (κ1) is 22.0. The third kappa shape index (κ3) is 4.49. The molecule has 0 saturated carbocycles. The van der Waals surface area contributed by atoms with Gasteiger partial charge in [-0.1, -0.05) is 61.0 Å². The highest BCUT2D eigenvalue weighted by Crippen LogP contribution is 2.30. The Morgan fingerprint density at radius 2 is 1.59 bits per heavy atom. The van der Waals surface area contributed by atoms with Crippen LogP contribution in [0, 0.1) is 6.92 Å². The van der Waals surface area contributed by atoms with Gasteiger partial charge in [-0.15, -0.1) is 0 Å². The maximum absolute atomic E-state index is 5.98. The van der Waals surface area contributed by atoms with Gasteiger partial charge in [-0.2, -0.15) is 0 Å². The molecular formula is C30H30N2O2. The van der Waals surface area contributed by atoms with Gasteiger partial charge in [0.2, 0.25) is 0 Å². The number of benzene rings is 4. The Morgan fingerprint density at radius 3 is 2.41 bits per heavy atom. The molecule has 1 atom stereocenters. The van der Waals surface area contributed by atoms with E-state index in [2.05, 4.69) is 85.1 Å². The van der Waals surface area contributed by atoms with Crippen LogP contribution in [0.25, 0.3) is 21.8 Å². The number of methoxy groups -OCH3 is 1. The second kappa shape index (κ2) is 9.60. The Morgan fingerprint density at radius 1 is 0.853 bits per heavy atom. The highest BCUT2D eigenvalue weighted by atomic mass is 16.5. The summed E-state index contributed by atoms with van der Waals surface area (Å²) in [5.41, 5.74) is 4.70. The average Bonchev–Trinajstić information content (AvgIpc) is 3.25. The molecule has 1 unspecified atom stereocenters. The van der Waals surface area contributed by atoms with Crippen molar-refractivity contribution in [3.63, 3.8) is 0 Å². The van der Waals surface area contributed by atoms with Crippen molar-refractivity contribution in [3.05, 3.63) is 102 Å². The summed E-state index contributed by atoms with van der Waals surface area (Å²) in [7, 11) is 1.70. The molecule has 0 aliphatic carbocycles. The Bertz CT molecular complexity index is 1420. The molecule has 1 aromatic heterocycles. The largest absolute Gasteiger partial charge is 0.497 e. The van der Waals surface area contributed by atoms with Gasteiger partial charge in [0, 0.05) is 12.5 Å². The van der Waals surface area contributed by atoms with Crippen LogP contribution >= 0.6 is 0 Å². The lowest BCUT2D eigenvalue weighted by Crippen LogP contribution is -2.11. The standard InChI is InChI=1S/C30H30N2O2/c1-21-9-14-26(15-10-21)34-18-6-17-32-29-8-5-4-7-28(29)31-30(32)22(2)23-11-12-25-20-27(33-3)16-13-24(25)19-23/h4-5,7-16,19-20,22H,6,17-18H2,1-3H3. The molecule has 0 aliphatic heterocycles. The summed E-state index contributed by atoms with van der Waals surface area (Å²) in [4.78, 5) is 5.05. The van der Waals surface area contributed by atoms with E-state index in [1.54, 1.807) is 7.11 Å². The van der Waals surface area contributed by atoms with E-state index in [0.717, 1.165) is 35.8 Å². The maximum atomic E-state index is 5.98. The molecule has 0 radical (unpaired) electrons. The molecule has 4 nitrogen and oxygen atoms in total. The molecule has 0 fully saturated rings. The van der Waals surface area contributed by atoms with E-state index in [1.807, 2.05) is 18.2 Å². The van der Waals surface area contributed by atoms with Gasteiger partial charge >= 0.3 is 0 Å². The SMILES string of the molecule is COc1ccc2cc(C(C)c3nc4ccccc4n3CCCOc3ccc(C)cc3)ccc2c1. The number of rotatable bonds is 8. The molecule has 1 heterocycles. The highest BCUT2D eigenvalue weighted by Gasteiger charge is 2.18. The van der Waals surface area contributed by atoms with Gasteiger partial charge in [0.05, 0.1) is 24.8 Å². The number of nitrogens with zero attached hydrogens (tertiary/aromatic N) is 2. The number of aryl methyl sites for hydroxylation is 2. The average molecular weight is 451 g/mol. The summed E-state index contributed by atoms with van der Waals surface area (Å²) in [6, 6.07) is 29.5. The molecule has 0 bridgehead atoms. The topological polar surface area (TPSA) is 36.3 Å². The minimum absolute atomic E-state index is 0.164. The van der Waals surface area contributed by atoms with Crippen LogP contribution in [-0.2, 0) is 6.54 Å². The van der Waals surface area contributed by atoms with Crippen LogP contribution in [0.15, 0.2) is 84.9 Å². The molecular weight excluding hydrogens is 420 g/mol. The lowest BCUT2D eigenvalue weighted by atomic mass is 9.97. The molecule has 5 aromatic rings. The molecule has 0 spiro atoms. The van der Waals surface area contributed by atoms with Gasteiger partial charge in [0.15, 0.2) is 0 Å². The van der Waals surface area contributed by atoms with Gasteiger partial charge < -0.3 is 14.0 Å². The lowest BCUT2D eigenvalue weighted by Gasteiger charge is -2.16. The minimum atomic E-state index is 0.164. The second-order valence-corrected chi connectivity index (χ2v) is 8.82. The normalized spacial score (nSPS) is 12.2. The summed E-state index contributed by atoms with van der Waals surface area (Å²) in [5.74, 6) is 3.05. The van der Waals surface area contributed by atoms with Crippen LogP contribution in [0.5, 0.6) is 11.5 Å². The zero-order chi connectivity index (χ0) is 23.5. The molecule has 4 heteroatoms. The van der Waals surface area contributed by atoms with Crippen molar-refractivity contribution in [2.75, 3.05) is 13.7 Å². The summed E-state index contributed by atoms with van der Waals surface area (Å²) in [6.07, 6.45) is 0.908. The van der Waals surface area contributed by atoms with Crippen LogP contribution in [0.1, 0.15) is 36.2 Å². The van der Waals surface area contributed by atoms with E-state index in [1.165, 1.54) is 27.4 Å². The van der Waals surface area contributed by atoms with Crippen LogP contribution in [0.2, 0.25) is 0 Å². The summed E-state index contributed by atoms with van der Waals surface area (Å²) in [6.45, 7) is 5.85. The number of para-hydroxylation sites is 2. The fourth-order valence-electron chi connectivity index (χ4n) is 4.49.